The third-order valence-electron chi connectivity index (χ3n) is 3.37. The van der Waals surface area contributed by atoms with Gasteiger partial charge in [-0.05, 0) is 65.9 Å². The van der Waals surface area contributed by atoms with E-state index < -0.39 is 18.0 Å². The first-order valence-corrected chi connectivity index (χ1v) is 8.28. The van der Waals surface area contributed by atoms with Crippen LogP contribution in [0.5, 0.6) is 11.5 Å². The highest BCUT2D eigenvalue weighted by Gasteiger charge is 2.20. The lowest BCUT2D eigenvalue weighted by atomic mass is 10.2. The van der Waals surface area contributed by atoms with Gasteiger partial charge in [-0.25, -0.2) is 4.79 Å². The first-order valence-electron chi connectivity index (χ1n) is 7.20. The fourth-order valence-corrected chi connectivity index (χ4v) is 2.45. The molecule has 0 spiro atoms. The van der Waals surface area contributed by atoms with Crippen LogP contribution in [-0.2, 0) is 9.53 Å². The Balaban J connectivity index is 1.60. The van der Waals surface area contributed by atoms with Gasteiger partial charge in [0.25, 0.3) is 5.91 Å². The van der Waals surface area contributed by atoms with Gasteiger partial charge >= 0.3 is 5.97 Å². The minimum Gasteiger partial charge on any atom is -0.454 e. The quantitative estimate of drug-likeness (QED) is 0.585. The Morgan fingerprint density at radius 2 is 1.83 bits per heavy atom. The SMILES string of the molecule is CC(OC(=O)c1ccc(I)cc1)C(=O)Nc1ccc2c(c1)OCO2. The third-order valence-corrected chi connectivity index (χ3v) is 4.09. The summed E-state index contributed by atoms with van der Waals surface area (Å²) in [5, 5.41) is 2.68. The molecular weight excluding hydrogens is 425 g/mol. The monoisotopic (exact) mass is 439 g/mol. The number of anilines is 1. The number of carbonyl (C=O) groups excluding carboxylic acids is 2. The van der Waals surface area contributed by atoms with Crippen LogP contribution in [0, 0.1) is 3.57 Å². The molecule has 7 heteroatoms. The Bertz CT molecular complexity index is 775. The number of hydrogen-bond acceptors (Lipinski definition) is 5. The van der Waals surface area contributed by atoms with Gasteiger partial charge < -0.3 is 19.5 Å². The van der Waals surface area contributed by atoms with E-state index in [0.717, 1.165) is 3.57 Å². The molecule has 6 nitrogen and oxygen atoms in total. The van der Waals surface area contributed by atoms with Gasteiger partial charge in [-0.1, -0.05) is 0 Å². The molecule has 2 aromatic rings. The number of nitrogens with one attached hydrogen (secondary N) is 1. The summed E-state index contributed by atoms with van der Waals surface area (Å²) in [6.07, 6.45) is -0.929. The molecule has 0 fully saturated rings. The molecule has 0 aromatic heterocycles. The van der Waals surface area contributed by atoms with E-state index in [1.54, 1.807) is 42.5 Å². The maximum atomic E-state index is 12.2. The van der Waals surface area contributed by atoms with Crippen LogP contribution in [0.2, 0.25) is 0 Å². The molecule has 1 atom stereocenters. The van der Waals surface area contributed by atoms with Crippen molar-refractivity contribution in [2.75, 3.05) is 12.1 Å². The van der Waals surface area contributed by atoms with Crippen LogP contribution >= 0.6 is 22.6 Å². The maximum Gasteiger partial charge on any atom is 0.338 e. The van der Waals surface area contributed by atoms with E-state index in [2.05, 4.69) is 27.9 Å². The van der Waals surface area contributed by atoms with E-state index in [0.29, 0.717) is 22.7 Å². The van der Waals surface area contributed by atoms with E-state index in [9.17, 15) is 9.59 Å². The zero-order valence-electron chi connectivity index (χ0n) is 12.7. The Kier molecular flexibility index (Phi) is 4.89. The van der Waals surface area contributed by atoms with Crippen LogP contribution in [0.1, 0.15) is 17.3 Å². The molecule has 0 radical (unpaired) electrons. The van der Waals surface area contributed by atoms with Gasteiger partial charge in [0, 0.05) is 15.3 Å². The van der Waals surface area contributed by atoms with Crippen molar-refractivity contribution in [2.45, 2.75) is 13.0 Å². The van der Waals surface area contributed by atoms with Crippen molar-refractivity contribution >= 4 is 40.2 Å². The number of halogens is 1. The van der Waals surface area contributed by atoms with Crippen LogP contribution in [0.15, 0.2) is 42.5 Å². The van der Waals surface area contributed by atoms with Gasteiger partial charge in [0.05, 0.1) is 5.56 Å². The third kappa shape index (κ3) is 3.78. The Labute approximate surface area is 152 Å². The zero-order valence-corrected chi connectivity index (χ0v) is 14.9. The molecule has 1 amide bonds. The number of amides is 1. The predicted molar refractivity (Wildman–Crippen MR) is 95.2 cm³/mol. The summed E-state index contributed by atoms with van der Waals surface area (Å²) in [5.74, 6) is 0.231. The molecular formula is C17H14INO5. The Morgan fingerprint density at radius 1 is 1.12 bits per heavy atom. The van der Waals surface area contributed by atoms with E-state index in [4.69, 9.17) is 14.2 Å². The molecule has 1 unspecified atom stereocenters. The highest BCUT2D eigenvalue weighted by atomic mass is 127. The summed E-state index contributed by atoms with van der Waals surface area (Å²) in [4.78, 5) is 24.2. The van der Waals surface area contributed by atoms with Gasteiger partial charge in [-0.15, -0.1) is 0 Å². The number of hydrogen-bond donors (Lipinski definition) is 1. The first kappa shape index (κ1) is 16.6. The van der Waals surface area contributed by atoms with Crippen molar-refractivity contribution in [2.24, 2.45) is 0 Å². The lowest BCUT2D eigenvalue weighted by molar-refractivity contribution is -0.123. The molecule has 24 heavy (non-hydrogen) atoms. The van der Waals surface area contributed by atoms with E-state index in [-0.39, 0.29) is 6.79 Å². The van der Waals surface area contributed by atoms with Gasteiger partial charge in [0.15, 0.2) is 17.6 Å². The predicted octanol–water partition coefficient (Wildman–Crippen LogP) is 3.20. The fraction of sp³-hybridized carbons (Fsp3) is 0.176. The smallest absolute Gasteiger partial charge is 0.338 e. The van der Waals surface area contributed by atoms with Crippen LogP contribution in [0.3, 0.4) is 0 Å². The summed E-state index contributed by atoms with van der Waals surface area (Å²) in [6, 6.07) is 12.0. The normalized spacial score (nSPS) is 13.2. The van der Waals surface area contributed by atoms with Crippen molar-refractivity contribution in [3.05, 3.63) is 51.6 Å². The second kappa shape index (κ2) is 7.08. The van der Waals surface area contributed by atoms with Crippen molar-refractivity contribution in [3.8, 4) is 11.5 Å². The molecule has 1 aliphatic heterocycles. The summed E-state index contributed by atoms with van der Waals surface area (Å²) >= 11 is 2.15. The second-order valence-corrected chi connectivity index (χ2v) is 6.36. The molecule has 124 valence electrons. The first-order chi connectivity index (χ1) is 11.5. The molecule has 1 heterocycles. The molecule has 0 bridgehead atoms. The average Bonchev–Trinajstić information content (AvgIpc) is 3.03. The molecule has 1 N–H and O–H groups in total. The minimum absolute atomic E-state index is 0.163. The van der Waals surface area contributed by atoms with Crippen LogP contribution in [0.4, 0.5) is 5.69 Å². The van der Waals surface area contributed by atoms with Crippen LogP contribution < -0.4 is 14.8 Å². The van der Waals surface area contributed by atoms with E-state index >= 15 is 0 Å². The number of ether oxygens (including phenoxy) is 3. The number of carbonyl (C=O) groups is 2. The van der Waals surface area contributed by atoms with Crippen LogP contribution in [0.25, 0.3) is 0 Å². The van der Waals surface area contributed by atoms with Gasteiger partial charge in [0.1, 0.15) is 0 Å². The van der Waals surface area contributed by atoms with Crippen molar-refractivity contribution in [1.82, 2.24) is 0 Å². The molecule has 2 aromatic carbocycles. The number of esters is 1. The van der Waals surface area contributed by atoms with Crippen molar-refractivity contribution < 1.29 is 23.8 Å². The zero-order chi connectivity index (χ0) is 17.1. The Hall–Kier alpha value is -2.29. The van der Waals surface area contributed by atoms with Gasteiger partial charge in [-0.2, -0.15) is 0 Å². The maximum absolute atomic E-state index is 12.2. The molecule has 3 rings (SSSR count). The summed E-state index contributed by atoms with van der Waals surface area (Å²) in [7, 11) is 0. The lowest BCUT2D eigenvalue weighted by Gasteiger charge is -2.14. The summed E-state index contributed by atoms with van der Waals surface area (Å²) in [5.41, 5.74) is 0.944. The van der Waals surface area contributed by atoms with Crippen molar-refractivity contribution in [3.63, 3.8) is 0 Å². The van der Waals surface area contributed by atoms with E-state index in [1.807, 2.05) is 0 Å². The number of benzene rings is 2. The molecule has 0 saturated heterocycles. The fourth-order valence-electron chi connectivity index (χ4n) is 2.09. The molecule has 1 aliphatic rings. The van der Waals surface area contributed by atoms with Gasteiger partial charge in [0.2, 0.25) is 6.79 Å². The van der Waals surface area contributed by atoms with Gasteiger partial charge in [-0.3, -0.25) is 4.79 Å². The number of fused-ring (bicyclic) bond motifs is 1. The lowest BCUT2D eigenvalue weighted by Crippen LogP contribution is -2.30. The topological polar surface area (TPSA) is 73.9 Å². The van der Waals surface area contributed by atoms with E-state index in [1.165, 1.54) is 6.92 Å². The van der Waals surface area contributed by atoms with Crippen LogP contribution in [-0.4, -0.2) is 24.8 Å². The molecule has 0 saturated carbocycles. The largest absolute Gasteiger partial charge is 0.454 e. The Morgan fingerprint density at radius 3 is 2.58 bits per heavy atom. The second-order valence-electron chi connectivity index (χ2n) is 5.11. The highest BCUT2D eigenvalue weighted by Crippen LogP contribution is 2.34. The number of rotatable bonds is 4. The minimum atomic E-state index is -0.929. The summed E-state index contributed by atoms with van der Waals surface area (Å²) < 4.78 is 16.7. The highest BCUT2D eigenvalue weighted by molar-refractivity contribution is 14.1. The summed E-state index contributed by atoms with van der Waals surface area (Å²) in [6.45, 7) is 1.68. The average molecular weight is 439 g/mol. The standard InChI is InChI=1S/C17H14INO5/c1-10(24-17(21)11-2-4-12(18)5-3-11)16(20)19-13-6-7-14-15(8-13)23-9-22-14/h2-8,10H,9H2,1H3,(H,19,20). The molecule has 0 aliphatic carbocycles. The van der Waals surface area contributed by atoms with Crippen molar-refractivity contribution in [1.29, 1.82) is 0 Å².